The molecular weight excluding hydrogens is 366 g/mol. The van der Waals surface area contributed by atoms with Crippen LogP contribution in [0.3, 0.4) is 0 Å². The number of guanidine groups is 1. The van der Waals surface area contributed by atoms with Crippen LogP contribution < -0.4 is 21.5 Å². The molecule has 1 aliphatic heterocycles. The second kappa shape index (κ2) is 8.28. The monoisotopic (exact) mass is 387 g/mol. The Labute approximate surface area is 162 Å². The van der Waals surface area contributed by atoms with Crippen LogP contribution in [0.15, 0.2) is 47.5 Å². The van der Waals surface area contributed by atoms with Crippen molar-refractivity contribution < 1.29 is 9.90 Å². The molecule has 1 heterocycles. The Bertz CT molecular complexity index is 852. The van der Waals surface area contributed by atoms with Gasteiger partial charge in [0.25, 0.3) is 5.91 Å². The summed E-state index contributed by atoms with van der Waals surface area (Å²) < 4.78 is 0. The van der Waals surface area contributed by atoms with Gasteiger partial charge in [0.1, 0.15) is 11.9 Å². The smallest absolute Gasteiger partial charge is 0.257 e. The topological polar surface area (TPSA) is 97.8 Å². The van der Waals surface area contributed by atoms with Crippen LogP contribution >= 0.6 is 11.6 Å². The molecule has 2 aromatic rings. The molecule has 27 heavy (non-hydrogen) atoms. The minimum atomic E-state index is -0.313. The number of hydrogen-bond donors (Lipinski definition) is 5. The molecule has 0 saturated carbocycles. The van der Waals surface area contributed by atoms with E-state index in [2.05, 4.69) is 40.3 Å². The predicted octanol–water partition coefficient (Wildman–Crippen LogP) is 3.01. The lowest BCUT2D eigenvalue weighted by Crippen LogP contribution is -2.46. The maximum absolute atomic E-state index is 12.5. The van der Waals surface area contributed by atoms with E-state index in [9.17, 15) is 9.90 Å². The number of amides is 1. The van der Waals surface area contributed by atoms with Crippen molar-refractivity contribution in [1.82, 2.24) is 16.1 Å². The van der Waals surface area contributed by atoms with E-state index in [4.69, 9.17) is 11.6 Å². The number of carbonyl (C=O) groups excluding carboxylic acids is 1. The molecule has 2 aromatic carbocycles. The highest BCUT2D eigenvalue weighted by atomic mass is 35.5. The molecule has 0 aliphatic carbocycles. The van der Waals surface area contributed by atoms with E-state index in [-0.39, 0.29) is 17.8 Å². The quantitative estimate of drug-likeness (QED) is 0.410. The molecule has 1 aliphatic rings. The minimum Gasteiger partial charge on any atom is -0.508 e. The average Bonchev–Trinajstić information content (AvgIpc) is 3.02. The van der Waals surface area contributed by atoms with Gasteiger partial charge in [0.2, 0.25) is 0 Å². The third kappa shape index (κ3) is 4.90. The number of carbonyl (C=O) groups is 1. The highest BCUT2D eigenvalue weighted by molar-refractivity contribution is 6.30. The molecule has 0 spiro atoms. The van der Waals surface area contributed by atoms with Crippen LogP contribution in [0.25, 0.3) is 0 Å². The number of benzene rings is 2. The molecule has 1 amide bonds. The van der Waals surface area contributed by atoms with Gasteiger partial charge in [-0.15, -0.1) is 0 Å². The maximum Gasteiger partial charge on any atom is 0.257 e. The van der Waals surface area contributed by atoms with E-state index in [0.29, 0.717) is 29.0 Å². The molecule has 1 atom stereocenters. The molecule has 7 nitrogen and oxygen atoms in total. The predicted molar refractivity (Wildman–Crippen MR) is 107 cm³/mol. The molecule has 0 saturated heterocycles. The molecule has 0 radical (unpaired) electrons. The van der Waals surface area contributed by atoms with Gasteiger partial charge in [0, 0.05) is 22.7 Å². The number of phenols is 1. The number of fused-ring (bicyclic) bond motifs is 1. The molecular formula is C19H22ClN5O2. The third-order valence-electron chi connectivity index (χ3n) is 3.93. The summed E-state index contributed by atoms with van der Waals surface area (Å²) in [6.07, 6.45) is -0.275. The van der Waals surface area contributed by atoms with Crippen molar-refractivity contribution in [2.24, 2.45) is 10.9 Å². The van der Waals surface area contributed by atoms with Gasteiger partial charge in [-0.25, -0.2) is 5.43 Å². The second-order valence-corrected chi connectivity index (χ2v) is 7.10. The Morgan fingerprint density at radius 2 is 2.00 bits per heavy atom. The van der Waals surface area contributed by atoms with E-state index >= 15 is 0 Å². The average molecular weight is 388 g/mol. The second-order valence-electron chi connectivity index (χ2n) is 6.66. The van der Waals surface area contributed by atoms with Crippen molar-refractivity contribution in [1.29, 1.82) is 0 Å². The summed E-state index contributed by atoms with van der Waals surface area (Å²) in [7, 11) is 0. The van der Waals surface area contributed by atoms with Gasteiger partial charge in [0.15, 0.2) is 5.96 Å². The highest BCUT2D eigenvalue weighted by Gasteiger charge is 2.23. The van der Waals surface area contributed by atoms with Crippen molar-refractivity contribution >= 4 is 29.2 Å². The number of aromatic hydroxyl groups is 1. The van der Waals surface area contributed by atoms with Crippen molar-refractivity contribution in [3.63, 3.8) is 0 Å². The zero-order valence-electron chi connectivity index (χ0n) is 15.1. The van der Waals surface area contributed by atoms with Gasteiger partial charge in [0.05, 0.1) is 5.69 Å². The fourth-order valence-corrected chi connectivity index (χ4v) is 2.73. The van der Waals surface area contributed by atoms with E-state index in [0.717, 1.165) is 11.3 Å². The Balaban J connectivity index is 1.75. The number of nitrogens with zero attached hydrogens (tertiary/aromatic N) is 1. The van der Waals surface area contributed by atoms with Crippen LogP contribution in [0.4, 0.5) is 5.69 Å². The first-order valence-electron chi connectivity index (χ1n) is 8.64. The summed E-state index contributed by atoms with van der Waals surface area (Å²) in [4.78, 5) is 17.0. The first kappa shape index (κ1) is 19.0. The van der Waals surface area contributed by atoms with E-state index in [1.807, 2.05) is 18.2 Å². The fraction of sp³-hybridized carbons (Fsp3) is 0.263. The van der Waals surface area contributed by atoms with Crippen LogP contribution in [0, 0.1) is 5.92 Å². The van der Waals surface area contributed by atoms with Gasteiger partial charge in [-0.1, -0.05) is 31.5 Å². The molecule has 3 rings (SSSR count). The number of nitrogens with one attached hydrogen (secondary N) is 4. The van der Waals surface area contributed by atoms with Crippen LogP contribution in [0.2, 0.25) is 5.02 Å². The fourth-order valence-electron chi connectivity index (χ4n) is 2.55. The lowest BCUT2D eigenvalue weighted by Gasteiger charge is -2.18. The summed E-state index contributed by atoms with van der Waals surface area (Å²) in [6.45, 7) is 4.66. The number of aliphatic imine (C=N–C) groups is 1. The third-order valence-corrected chi connectivity index (χ3v) is 4.17. The normalized spacial score (nSPS) is 16.0. The van der Waals surface area contributed by atoms with Gasteiger partial charge < -0.3 is 15.8 Å². The molecule has 8 heteroatoms. The first-order valence-corrected chi connectivity index (χ1v) is 9.02. The molecule has 1 unspecified atom stereocenters. The summed E-state index contributed by atoms with van der Waals surface area (Å²) >= 11 is 6.02. The number of halogens is 1. The van der Waals surface area contributed by atoms with Gasteiger partial charge in [-0.05, 0) is 42.3 Å². The first-order chi connectivity index (χ1) is 12.9. The summed E-state index contributed by atoms with van der Waals surface area (Å²) in [5.74, 6) is 0.499. The minimum absolute atomic E-state index is 0.106. The number of anilines is 1. The highest BCUT2D eigenvalue weighted by Crippen LogP contribution is 2.29. The van der Waals surface area contributed by atoms with E-state index in [1.165, 1.54) is 12.1 Å². The maximum atomic E-state index is 12.5. The van der Waals surface area contributed by atoms with Crippen molar-refractivity contribution in [3.05, 3.63) is 58.6 Å². The van der Waals surface area contributed by atoms with Crippen molar-refractivity contribution in [2.75, 3.05) is 12.0 Å². The van der Waals surface area contributed by atoms with Crippen molar-refractivity contribution in [2.45, 2.75) is 20.0 Å². The number of rotatable bonds is 4. The van der Waals surface area contributed by atoms with E-state index in [1.54, 1.807) is 12.1 Å². The number of hydrazine groups is 1. The Kier molecular flexibility index (Phi) is 5.83. The zero-order chi connectivity index (χ0) is 19.4. The Morgan fingerprint density at radius 1 is 1.26 bits per heavy atom. The summed E-state index contributed by atoms with van der Waals surface area (Å²) in [5, 5.41) is 16.0. The van der Waals surface area contributed by atoms with E-state index < -0.39 is 0 Å². The zero-order valence-corrected chi connectivity index (χ0v) is 15.8. The lowest BCUT2D eigenvalue weighted by molar-refractivity contribution is 0.0975. The van der Waals surface area contributed by atoms with Gasteiger partial charge in [-0.2, -0.15) is 0 Å². The van der Waals surface area contributed by atoms with Crippen LogP contribution in [0.5, 0.6) is 5.75 Å². The SMILES string of the molecule is CC(C)CN=C(NC(=O)c1ccc(O)cc1)NC1NNc2cc(Cl)ccc21. The molecule has 0 bridgehead atoms. The summed E-state index contributed by atoms with van der Waals surface area (Å²) in [6, 6.07) is 11.6. The summed E-state index contributed by atoms with van der Waals surface area (Å²) in [5.41, 5.74) is 8.43. The number of hydrogen-bond acceptors (Lipinski definition) is 5. The number of phenolic OH excluding ortho intramolecular Hbond substituents is 1. The largest absolute Gasteiger partial charge is 0.508 e. The molecule has 142 valence electrons. The van der Waals surface area contributed by atoms with Gasteiger partial charge in [-0.3, -0.25) is 15.1 Å². The van der Waals surface area contributed by atoms with Crippen LogP contribution in [-0.4, -0.2) is 23.5 Å². The van der Waals surface area contributed by atoms with Crippen molar-refractivity contribution in [3.8, 4) is 5.75 Å². The Morgan fingerprint density at radius 3 is 2.70 bits per heavy atom. The molecule has 0 aromatic heterocycles. The van der Waals surface area contributed by atoms with Crippen LogP contribution in [0.1, 0.15) is 35.9 Å². The van der Waals surface area contributed by atoms with Crippen LogP contribution in [-0.2, 0) is 0 Å². The molecule has 5 N–H and O–H groups in total. The standard InChI is InChI=1S/C19H22ClN5O2/c1-11(2)10-21-19(23-18(27)12-3-6-14(26)7-4-12)22-17-15-8-5-13(20)9-16(15)24-25-17/h3-9,11,17,24-26H,10H2,1-2H3,(H2,21,22,23,27). The van der Waals surface area contributed by atoms with Gasteiger partial charge >= 0.3 is 0 Å². The Hall–Kier alpha value is -2.77. The lowest BCUT2D eigenvalue weighted by atomic mass is 10.1. The molecule has 0 fully saturated rings.